The molecule has 1 aliphatic heterocycles. The minimum absolute atomic E-state index is 0.0782. The van der Waals surface area contributed by atoms with Crippen LogP contribution >= 0.6 is 7.82 Å². The van der Waals surface area contributed by atoms with Gasteiger partial charge in [-0.1, -0.05) is 108 Å². The lowest BCUT2D eigenvalue weighted by atomic mass is 9.96. The van der Waals surface area contributed by atoms with Crippen LogP contribution in [0.15, 0.2) is 24.7 Å². The van der Waals surface area contributed by atoms with Crippen molar-refractivity contribution in [2.45, 2.75) is 140 Å². The van der Waals surface area contributed by atoms with Crippen molar-refractivity contribution in [1.82, 2.24) is 29.6 Å². The predicted octanol–water partition coefficient (Wildman–Crippen LogP) is 6.30. The number of hydrogen-bond donors (Lipinski definition) is 3. The highest BCUT2D eigenvalue weighted by molar-refractivity contribution is 7.47. The number of nitrogen functional groups attached to an aromatic ring is 1. The third kappa shape index (κ3) is 13.1. The average Bonchev–Trinajstić information content (AvgIpc) is 3.90. The zero-order chi connectivity index (χ0) is 37.9. The van der Waals surface area contributed by atoms with E-state index in [9.17, 15) is 25.1 Å². The van der Waals surface area contributed by atoms with Gasteiger partial charge < -0.3 is 25.2 Å². The Balaban J connectivity index is 1.14. The smallest absolute Gasteiger partial charge is 0.390 e. The van der Waals surface area contributed by atoms with E-state index in [1.54, 1.807) is 12.1 Å². The number of fused-ring (bicyclic) bond motifs is 1. The van der Waals surface area contributed by atoms with Crippen LogP contribution in [0.25, 0.3) is 5.52 Å². The third-order valence-corrected chi connectivity index (χ3v) is 10.6. The second kappa shape index (κ2) is 22.0. The fraction of sp³-hybridized carbons (Fsp3) is 0.722. The van der Waals surface area contributed by atoms with E-state index in [0.717, 1.165) is 19.3 Å². The highest BCUT2D eigenvalue weighted by Crippen LogP contribution is 2.46. The van der Waals surface area contributed by atoms with E-state index in [0.29, 0.717) is 17.8 Å². The molecule has 4 heterocycles. The molecule has 0 spiro atoms. The lowest BCUT2D eigenvalue weighted by Crippen LogP contribution is -2.29. The van der Waals surface area contributed by atoms with Gasteiger partial charge in [-0.05, 0) is 18.6 Å². The normalized spacial score (nSPS) is 20.3. The molecule has 1 fully saturated rings. The maximum Gasteiger partial charge on any atom is 0.472 e. The van der Waals surface area contributed by atoms with E-state index in [-0.39, 0.29) is 31.1 Å². The molecule has 0 amide bonds. The monoisotopic (exact) mass is 757 g/mol. The van der Waals surface area contributed by atoms with Gasteiger partial charge in [0.1, 0.15) is 36.1 Å². The van der Waals surface area contributed by atoms with Crippen molar-refractivity contribution in [1.29, 1.82) is 10.5 Å². The fourth-order valence-electron chi connectivity index (χ4n) is 6.57. The van der Waals surface area contributed by atoms with Crippen LogP contribution in [0.2, 0.25) is 0 Å². The standard InChI is InChI=1S/C36H56N9O7P/c1-2-3-4-5-6-7-8-9-10-11-12-13-14-15-16-17-20-49-24-30(44-23-29(22-37)42-43-44)25-50-53(47,48)51-26-33-32(46)21-36(27-38,52-33)34-19-18-31-35(39)40-28-41-45(31)34/h18-19,23,28,30,32-33,46H,2-17,20-21,24-26H2,1H3,(H,47,48)(H2,39,40,41)/t30-,32+,33-,36+/m1/s1. The number of rotatable bonds is 27. The molecule has 3 aromatic heterocycles. The quantitative estimate of drug-likeness (QED) is 0.0573. The molecule has 292 valence electrons. The van der Waals surface area contributed by atoms with Gasteiger partial charge in [-0.3, -0.25) is 9.05 Å². The molecule has 0 aromatic carbocycles. The van der Waals surface area contributed by atoms with Crippen LogP contribution in [-0.4, -0.2) is 78.2 Å². The van der Waals surface area contributed by atoms with Crippen LogP contribution in [-0.2, 0) is 28.7 Å². The molecule has 5 atom stereocenters. The highest BCUT2D eigenvalue weighted by atomic mass is 31.2. The van der Waals surface area contributed by atoms with Crippen molar-refractivity contribution in [3.05, 3.63) is 36.0 Å². The topological polar surface area (TPSA) is 229 Å². The van der Waals surface area contributed by atoms with Crippen molar-refractivity contribution in [2.24, 2.45) is 0 Å². The highest BCUT2D eigenvalue weighted by Gasteiger charge is 2.50. The summed E-state index contributed by atoms with van der Waals surface area (Å²) in [5.74, 6) is 0.204. The van der Waals surface area contributed by atoms with Crippen LogP contribution in [0.1, 0.15) is 134 Å². The van der Waals surface area contributed by atoms with E-state index in [1.165, 1.54) is 105 Å². The first-order chi connectivity index (χ1) is 25.7. The first-order valence-electron chi connectivity index (χ1n) is 19.1. The number of hydrogen-bond acceptors (Lipinski definition) is 13. The number of anilines is 1. The Morgan fingerprint density at radius 1 is 1.00 bits per heavy atom. The second-order valence-corrected chi connectivity index (χ2v) is 15.3. The van der Waals surface area contributed by atoms with Gasteiger partial charge in [0.15, 0.2) is 17.1 Å². The summed E-state index contributed by atoms with van der Waals surface area (Å²) < 4.78 is 38.0. The lowest BCUT2D eigenvalue weighted by Gasteiger charge is -2.22. The maximum absolute atomic E-state index is 12.9. The van der Waals surface area contributed by atoms with Crippen molar-refractivity contribution >= 4 is 19.2 Å². The van der Waals surface area contributed by atoms with Crippen LogP contribution in [0.3, 0.4) is 0 Å². The number of nitriles is 2. The summed E-state index contributed by atoms with van der Waals surface area (Å²) in [6.45, 7) is 1.97. The Morgan fingerprint density at radius 2 is 1.64 bits per heavy atom. The van der Waals surface area contributed by atoms with Crippen molar-refractivity contribution < 1.29 is 33.1 Å². The molecule has 0 bridgehead atoms. The van der Waals surface area contributed by atoms with Gasteiger partial charge >= 0.3 is 7.82 Å². The molecule has 16 nitrogen and oxygen atoms in total. The Hall–Kier alpha value is -3.47. The molecule has 4 N–H and O–H groups in total. The van der Waals surface area contributed by atoms with Gasteiger partial charge in [0.05, 0.1) is 37.8 Å². The number of unbranched alkanes of at least 4 members (excludes halogenated alkanes) is 15. The molecule has 4 rings (SSSR count). The number of phosphoric ester groups is 1. The average molecular weight is 758 g/mol. The Labute approximate surface area is 312 Å². The molecule has 53 heavy (non-hydrogen) atoms. The third-order valence-electron chi connectivity index (χ3n) is 9.64. The number of ether oxygens (including phenoxy) is 2. The van der Waals surface area contributed by atoms with Gasteiger partial charge in [-0.25, -0.2) is 18.7 Å². The summed E-state index contributed by atoms with van der Waals surface area (Å²) >= 11 is 0. The molecule has 1 unspecified atom stereocenters. The first kappa shape index (κ1) is 42.3. The minimum Gasteiger partial charge on any atom is -0.390 e. The van der Waals surface area contributed by atoms with E-state index >= 15 is 0 Å². The van der Waals surface area contributed by atoms with Crippen LogP contribution in [0, 0.1) is 22.7 Å². The molecular formula is C36H56N9O7P. The van der Waals surface area contributed by atoms with E-state index in [4.69, 9.17) is 24.3 Å². The lowest BCUT2D eigenvalue weighted by molar-refractivity contribution is -0.0530. The SMILES string of the molecule is CCCCCCCCCCCCCCCCCCOC[C@H](COP(=O)(O)OC[C@H]1O[C@@](C#N)(c2ccc3c(N)ncnn23)C[C@@H]1O)n1cc(C#N)nn1. The number of phosphoric acid groups is 1. The van der Waals surface area contributed by atoms with E-state index < -0.39 is 38.3 Å². The predicted molar refractivity (Wildman–Crippen MR) is 196 cm³/mol. The molecular weight excluding hydrogens is 701 g/mol. The number of nitrogens with zero attached hydrogens (tertiary/aromatic N) is 8. The summed E-state index contributed by atoms with van der Waals surface area (Å²) in [4.78, 5) is 14.5. The molecule has 1 saturated heterocycles. The van der Waals surface area contributed by atoms with Crippen LogP contribution in [0.4, 0.5) is 5.82 Å². The Kier molecular flexibility index (Phi) is 17.6. The van der Waals surface area contributed by atoms with Crippen molar-refractivity contribution in [2.75, 3.05) is 32.2 Å². The van der Waals surface area contributed by atoms with E-state index in [2.05, 4.69) is 33.4 Å². The number of nitrogens with two attached hydrogens (primary N) is 1. The van der Waals surface area contributed by atoms with Gasteiger partial charge in [-0.15, -0.1) is 5.10 Å². The summed E-state index contributed by atoms with van der Waals surface area (Å²) in [5, 5.41) is 41.9. The van der Waals surface area contributed by atoms with Gasteiger partial charge in [-0.2, -0.15) is 15.6 Å². The molecule has 0 saturated carbocycles. The molecule has 1 aliphatic rings. The van der Waals surface area contributed by atoms with E-state index in [1.807, 2.05) is 6.07 Å². The summed E-state index contributed by atoms with van der Waals surface area (Å²) in [5.41, 5.74) is 5.15. The van der Waals surface area contributed by atoms with Crippen molar-refractivity contribution in [3.8, 4) is 12.1 Å². The van der Waals surface area contributed by atoms with Crippen molar-refractivity contribution in [3.63, 3.8) is 0 Å². The minimum atomic E-state index is -4.68. The number of aliphatic hydroxyl groups is 1. The Bertz CT molecular complexity index is 1660. The van der Waals surface area contributed by atoms with Crippen LogP contribution in [0.5, 0.6) is 0 Å². The zero-order valence-electron chi connectivity index (χ0n) is 30.9. The summed E-state index contributed by atoms with van der Waals surface area (Å²) in [6.07, 6.45) is 20.6. The largest absolute Gasteiger partial charge is 0.472 e. The Morgan fingerprint density at radius 3 is 2.25 bits per heavy atom. The summed E-state index contributed by atoms with van der Waals surface area (Å²) in [7, 11) is -4.68. The van der Waals surface area contributed by atoms with Gasteiger partial charge in [0, 0.05) is 13.0 Å². The fourth-order valence-corrected chi connectivity index (χ4v) is 7.34. The second-order valence-electron chi connectivity index (χ2n) is 13.8. The molecule has 0 radical (unpaired) electrons. The number of aromatic nitrogens is 6. The molecule has 0 aliphatic carbocycles. The summed E-state index contributed by atoms with van der Waals surface area (Å²) in [6, 6.07) is 6.57. The van der Waals surface area contributed by atoms with Gasteiger partial charge in [0.25, 0.3) is 0 Å². The first-order valence-corrected chi connectivity index (χ1v) is 20.6. The molecule has 3 aromatic rings. The van der Waals surface area contributed by atoms with Crippen LogP contribution < -0.4 is 5.73 Å². The molecule has 17 heteroatoms. The number of aliphatic hydroxyl groups excluding tert-OH is 1. The maximum atomic E-state index is 12.9. The van der Waals surface area contributed by atoms with Gasteiger partial charge in [0.2, 0.25) is 0 Å². The zero-order valence-corrected chi connectivity index (χ0v) is 31.8.